The van der Waals surface area contributed by atoms with Gasteiger partial charge in [0.1, 0.15) is 0 Å². The molecular weight excluding hydrogens is 243 g/mol. The van der Waals surface area contributed by atoms with Gasteiger partial charge >= 0.3 is 6.18 Å². The number of Topliss-reactive ketones (excluding diaryl/α,β-unsaturated/α-hetero) is 1. The Kier molecular flexibility index (Phi) is 4.51. The van der Waals surface area contributed by atoms with Crippen molar-refractivity contribution in [3.05, 3.63) is 35.4 Å². The van der Waals surface area contributed by atoms with Crippen LogP contribution < -0.4 is 5.73 Å². The van der Waals surface area contributed by atoms with Crippen molar-refractivity contribution >= 4 is 5.78 Å². The summed E-state index contributed by atoms with van der Waals surface area (Å²) in [6, 6.07) is 3.79. The minimum Gasteiger partial charge on any atom is -0.321 e. The highest BCUT2D eigenvalue weighted by Crippen LogP contribution is 2.29. The molecule has 0 bridgehead atoms. The summed E-state index contributed by atoms with van der Waals surface area (Å²) in [7, 11) is 0. The van der Waals surface area contributed by atoms with Crippen LogP contribution in [0.1, 0.15) is 17.5 Å². The lowest BCUT2D eigenvalue weighted by molar-refractivity contribution is -0.137. The number of nitrogens with two attached hydrogens (primary N) is 1. The van der Waals surface area contributed by atoms with Crippen molar-refractivity contribution in [2.24, 2.45) is 5.73 Å². The SMILES string of the molecule is C#CCC(N)C(=O)Cc1cccc(C(F)(F)F)c1. The molecule has 2 nitrogen and oxygen atoms in total. The zero-order valence-electron chi connectivity index (χ0n) is 9.50. The van der Waals surface area contributed by atoms with Gasteiger partial charge in [-0.15, -0.1) is 12.3 Å². The van der Waals surface area contributed by atoms with E-state index < -0.39 is 17.8 Å². The fourth-order valence-electron chi connectivity index (χ4n) is 1.43. The molecule has 1 aromatic rings. The van der Waals surface area contributed by atoms with Crippen LogP contribution in [0.15, 0.2) is 24.3 Å². The normalized spacial score (nSPS) is 12.8. The van der Waals surface area contributed by atoms with Crippen molar-refractivity contribution in [1.29, 1.82) is 0 Å². The van der Waals surface area contributed by atoms with Gasteiger partial charge in [-0.05, 0) is 11.6 Å². The number of benzene rings is 1. The zero-order valence-corrected chi connectivity index (χ0v) is 9.50. The van der Waals surface area contributed by atoms with Crippen LogP contribution in [0.5, 0.6) is 0 Å². The van der Waals surface area contributed by atoms with E-state index >= 15 is 0 Å². The first-order chi connectivity index (χ1) is 8.34. The number of terminal acetylenes is 1. The summed E-state index contributed by atoms with van der Waals surface area (Å²) in [4.78, 5) is 11.6. The van der Waals surface area contributed by atoms with Crippen LogP contribution in [0, 0.1) is 12.3 Å². The molecule has 0 heterocycles. The van der Waals surface area contributed by atoms with Gasteiger partial charge in [-0.3, -0.25) is 4.79 Å². The summed E-state index contributed by atoms with van der Waals surface area (Å²) in [5.41, 5.74) is 4.99. The maximum atomic E-state index is 12.4. The Morgan fingerprint density at radius 3 is 2.67 bits per heavy atom. The number of halogens is 3. The van der Waals surface area contributed by atoms with Crippen molar-refractivity contribution in [1.82, 2.24) is 0 Å². The Bertz CT molecular complexity index is 474. The molecular formula is C13H12F3NO. The van der Waals surface area contributed by atoms with E-state index in [-0.39, 0.29) is 24.2 Å². The molecule has 0 radical (unpaired) electrons. The molecule has 0 aromatic heterocycles. The first kappa shape index (κ1) is 14.3. The van der Waals surface area contributed by atoms with Gasteiger partial charge in [0.05, 0.1) is 11.6 Å². The Morgan fingerprint density at radius 1 is 1.44 bits per heavy atom. The van der Waals surface area contributed by atoms with Crippen molar-refractivity contribution < 1.29 is 18.0 Å². The molecule has 5 heteroatoms. The van der Waals surface area contributed by atoms with E-state index in [1.807, 2.05) is 0 Å². The lowest BCUT2D eigenvalue weighted by atomic mass is 10.0. The highest BCUT2D eigenvalue weighted by Gasteiger charge is 2.30. The van der Waals surface area contributed by atoms with Gasteiger partial charge in [0.15, 0.2) is 5.78 Å². The predicted molar refractivity (Wildman–Crippen MR) is 61.6 cm³/mol. The van der Waals surface area contributed by atoms with Crippen LogP contribution in [0.3, 0.4) is 0 Å². The largest absolute Gasteiger partial charge is 0.416 e. The summed E-state index contributed by atoms with van der Waals surface area (Å²) in [5, 5.41) is 0. The van der Waals surface area contributed by atoms with E-state index in [1.165, 1.54) is 12.1 Å². The third kappa shape index (κ3) is 3.90. The van der Waals surface area contributed by atoms with Gasteiger partial charge in [-0.25, -0.2) is 0 Å². The molecule has 0 amide bonds. The monoisotopic (exact) mass is 255 g/mol. The summed E-state index contributed by atoms with van der Waals surface area (Å²) in [6.07, 6.45) is 0.529. The van der Waals surface area contributed by atoms with Gasteiger partial charge < -0.3 is 5.73 Å². The van der Waals surface area contributed by atoms with Crippen LogP contribution in [0.25, 0.3) is 0 Å². The Labute approximate surface area is 103 Å². The Morgan fingerprint density at radius 2 is 2.11 bits per heavy atom. The lowest BCUT2D eigenvalue weighted by Gasteiger charge is -2.10. The molecule has 0 saturated carbocycles. The average molecular weight is 255 g/mol. The second-order valence-corrected chi connectivity index (χ2v) is 3.86. The van der Waals surface area contributed by atoms with Crippen molar-refractivity contribution in [3.63, 3.8) is 0 Å². The third-order valence-corrected chi connectivity index (χ3v) is 2.38. The lowest BCUT2D eigenvalue weighted by Crippen LogP contribution is -2.31. The molecule has 2 N–H and O–H groups in total. The summed E-state index contributed by atoms with van der Waals surface area (Å²) < 4.78 is 37.3. The number of hydrogen-bond donors (Lipinski definition) is 1. The number of ketones is 1. The highest BCUT2D eigenvalue weighted by molar-refractivity contribution is 5.86. The quantitative estimate of drug-likeness (QED) is 0.838. The summed E-state index contributed by atoms with van der Waals surface area (Å²) in [5.74, 6) is 1.88. The first-order valence-corrected chi connectivity index (χ1v) is 5.22. The maximum Gasteiger partial charge on any atom is 0.416 e. The van der Waals surface area contributed by atoms with E-state index in [4.69, 9.17) is 12.2 Å². The second-order valence-electron chi connectivity index (χ2n) is 3.86. The number of carbonyl (C=O) groups excluding carboxylic acids is 1. The van der Waals surface area contributed by atoms with E-state index in [9.17, 15) is 18.0 Å². The van der Waals surface area contributed by atoms with Gasteiger partial charge in [0, 0.05) is 12.8 Å². The Balaban J connectivity index is 2.81. The fourth-order valence-corrected chi connectivity index (χ4v) is 1.43. The molecule has 0 fully saturated rings. The number of rotatable bonds is 4. The van der Waals surface area contributed by atoms with E-state index in [0.717, 1.165) is 12.1 Å². The highest BCUT2D eigenvalue weighted by atomic mass is 19.4. The van der Waals surface area contributed by atoms with Crippen molar-refractivity contribution in [3.8, 4) is 12.3 Å². The molecule has 1 atom stereocenters. The molecule has 1 rings (SSSR count). The molecule has 96 valence electrons. The van der Waals surface area contributed by atoms with Crippen LogP contribution in [0.4, 0.5) is 13.2 Å². The fraction of sp³-hybridized carbons (Fsp3) is 0.308. The molecule has 18 heavy (non-hydrogen) atoms. The second kappa shape index (κ2) is 5.69. The average Bonchev–Trinajstić information content (AvgIpc) is 2.28. The number of hydrogen-bond acceptors (Lipinski definition) is 2. The van der Waals surface area contributed by atoms with Gasteiger partial charge in [-0.1, -0.05) is 18.2 Å². The smallest absolute Gasteiger partial charge is 0.321 e. The molecule has 0 aliphatic rings. The van der Waals surface area contributed by atoms with Gasteiger partial charge in [-0.2, -0.15) is 13.2 Å². The molecule has 0 aliphatic heterocycles. The minimum absolute atomic E-state index is 0.0811. The first-order valence-electron chi connectivity index (χ1n) is 5.22. The van der Waals surface area contributed by atoms with E-state index in [0.29, 0.717) is 0 Å². The van der Waals surface area contributed by atoms with Crippen molar-refractivity contribution in [2.45, 2.75) is 25.1 Å². The number of carbonyl (C=O) groups is 1. The summed E-state index contributed by atoms with van der Waals surface area (Å²) in [6.45, 7) is 0. The molecule has 0 spiro atoms. The molecule has 1 aromatic carbocycles. The van der Waals surface area contributed by atoms with Gasteiger partial charge in [0.25, 0.3) is 0 Å². The topological polar surface area (TPSA) is 43.1 Å². The minimum atomic E-state index is -4.42. The summed E-state index contributed by atoms with van der Waals surface area (Å²) >= 11 is 0. The van der Waals surface area contributed by atoms with Crippen LogP contribution in [-0.4, -0.2) is 11.8 Å². The molecule has 0 aliphatic carbocycles. The van der Waals surface area contributed by atoms with Crippen molar-refractivity contribution in [2.75, 3.05) is 0 Å². The predicted octanol–water partition coefficient (Wildman–Crippen LogP) is 2.17. The maximum absolute atomic E-state index is 12.4. The van der Waals surface area contributed by atoms with Crippen LogP contribution >= 0.6 is 0 Å². The molecule has 0 saturated heterocycles. The van der Waals surface area contributed by atoms with Crippen LogP contribution in [0.2, 0.25) is 0 Å². The van der Waals surface area contributed by atoms with E-state index in [1.54, 1.807) is 0 Å². The zero-order chi connectivity index (χ0) is 13.8. The number of alkyl halides is 3. The standard InChI is InChI=1S/C13H12F3NO/c1-2-4-11(17)12(18)8-9-5-3-6-10(7-9)13(14,15)16/h1,3,5-7,11H,4,8,17H2. The van der Waals surface area contributed by atoms with E-state index in [2.05, 4.69) is 5.92 Å². The molecule has 1 unspecified atom stereocenters. The Hall–Kier alpha value is -1.80. The van der Waals surface area contributed by atoms with Crippen LogP contribution in [-0.2, 0) is 17.4 Å². The van der Waals surface area contributed by atoms with Gasteiger partial charge in [0.2, 0.25) is 0 Å². The third-order valence-electron chi connectivity index (χ3n) is 2.38.